The highest BCUT2D eigenvalue weighted by atomic mass is 16.3. The predicted octanol–water partition coefficient (Wildman–Crippen LogP) is 1.25. The Kier molecular flexibility index (Phi) is 4.66. The summed E-state index contributed by atoms with van der Waals surface area (Å²) in [7, 11) is 0. The van der Waals surface area contributed by atoms with E-state index in [0.29, 0.717) is 23.8 Å². The Morgan fingerprint density at radius 2 is 2.22 bits per heavy atom. The second-order valence-corrected chi connectivity index (χ2v) is 6.44. The third kappa shape index (κ3) is 3.39. The molecule has 2 heterocycles. The summed E-state index contributed by atoms with van der Waals surface area (Å²) in [4.78, 5) is 20.5. The largest absolute Gasteiger partial charge is 0.394 e. The molecule has 1 saturated carbocycles. The summed E-state index contributed by atoms with van der Waals surface area (Å²) < 4.78 is 0. The molecule has 2 atom stereocenters. The number of amides is 1. The van der Waals surface area contributed by atoms with Crippen molar-refractivity contribution < 1.29 is 9.90 Å². The van der Waals surface area contributed by atoms with Crippen molar-refractivity contribution in [2.45, 2.75) is 45.6 Å². The van der Waals surface area contributed by atoms with Gasteiger partial charge >= 0.3 is 0 Å². The van der Waals surface area contributed by atoms with Gasteiger partial charge in [-0.25, -0.2) is 0 Å². The number of aromatic nitrogens is 1. The smallest absolute Gasteiger partial charge is 0.255 e. The fourth-order valence-electron chi connectivity index (χ4n) is 2.88. The van der Waals surface area contributed by atoms with Crippen molar-refractivity contribution >= 4 is 12.0 Å². The van der Waals surface area contributed by atoms with Gasteiger partial charge in [-0.2, -0.15) is 0 Å². The molecule has 1 aromatic rings. The molecule has 0 saturated heterocycles. The number of fused-ring (bicyclic) bond motifs is 1. The number of aliphatic hydroxyl groups excluding tert-OH is 1. The van der Waals surface area contributed by atoms with Crippen LogP contribution >= 0.6 is 0 Å². The van der Waals surface area contributed by atoms with Crippen LogP contribution in [-0.4, -0.2) is 28.6 Å². The number of rotatable bonds is 6. The average Bonchev–Trinajstić information content (AvgIpc) is 3.36. The molecule has 1 amide bonds. The molecule has 1 fully saturated rings. The van der Waals surface area contributed by atoms with E-state index in [4.69, 9.17) is 4.99 Å². The lowest BCUT2D eigenvalue weighted by atomic mass is 10.0. The number of nitrogens with zero attached hydrogens (tertiary/aromatic N) is 1. The van der Waals surface area contributed by atoms with Crippen molar-refractivity contribution in [2.24, 2.45) is 16.8 Å². The maximum absolute atomic E-state index is 12.5. The summed E-state index contributed by atoms with van der Waals surface area (Å²) in [6, 6.07) is -0.218. The lowest BCUT2D eigenvalue weighted by Crippen LogP contribution is -2.40. The van der Waals surface area contributed by atoms with Crippen LogP contribution in [0.25, 0.3) is 6.08 Å². The zero-order chi connectivity index (χ0) is 16.4. The van der Waals surface area contributed by atoms with E-state index < -0.39 is 0 Å². The van der Waals surface area contributed by atoms with Crippen LogP contribution in [0.15, 0.2) is 23.0 Å². The Bertz CT molecular complexity index is 724. The number of nitrogens with one attached hydrogen (secondary N) is 2. The summed E-state index contributed by atoms with van der Waals surface area (Å²) >= 11 is 0. The lowest BCUT2D eigenvalue weighted by Gasteiger charge is -2.13. The maximum atomic E-state index is 12.5. The molecule has 0 spiro atoms. The first-order valence-corrected chi connectivity index (χ1v) is 8.57. The molecule has 23 heavy (non-hydrogen) atoms. The summed E-state index contributed by atoms with van der Waals surface area (Å²) in [6.07, 6.45) is 10.2. The topological polar surface area (TPSA) is 77.5 Å². The predicted molar refractivity (Wildman–Crippen MR) is 89.3 cm³/mol. The van der Waals surface area contributed by atoms with Crippen LogP contribution in [0.2, 0.25) is 0 Å². The van der Waals surface area contributed by atoms with E-state index in [-0.39, 0.29) is 18.6 Å². The summed E-state index contributed by atoms with van der Waals surface area (Å²) in [5, 5.41) is 13.8. The van der Waals surface area contributed by atoms with Crippen molar-refractivity contribution in [3.63, 3.8) is 0 Å². The number of carbonyl (C=O) groups excluding carboxylic acids is 1. The molecular formula is C18H25N3O2. The molecule has 2 unspecified atom stereocenters. The fraction of sp³-hybridized carbons (Fsp3) is 0.556. The van der Waals surface area contributed by atoms with Crippen molar-refractivity contribution in [1.29, 1.82) is 0 Å². The van der Waals surface area contributed by atoms with Crippen LogP contribution in [0.3, 0.4) is 0 Å². The van der Waals surface area contributed by atoms with E-state index in [1.54, 1.807) is 6.20 Å². The van der Waals surface area contributed by atoms with Crippen LogP contribution < -0.4 is 16.0 Å². The van der Waals surface area contributed by atoms with Gasteiger partial charge in [0.15, 0.2) is 0 Å². The Morgan fingerprint density at radius 1 is 1.43 bits per heavy atom. The van der Waals surface area contributed by atoms with E-state index >= 15 is 0 Å². The van der Waals surface area contributed by atoms with Crippen molar-refractivity contribution in [3.05, 3.63) is 34.2 Å². The van der Waals surface area contributed by atoms with Gasteiger partial charge in [0.1, 0.15) is 5.36 Å². The van der Waals surface area contributed by atoms with Gasteiger partial charge < -0.3 is 15.4 Å². The maximum Gasteiger partial charge on any atom is 0.255 e. The van der Waals surface area contributed by atoms with Gasteiger partial charge in [0.2, 0.25) is 0 Å². The van der Waals surface area contributed by atoms with Gasteiger partial charge in [0, 0.05) is 17.8 Å². The molecule has 1 aromatic heterocycles. The number of aromatic amines is 1. The van der Waals surface area contributed by atoms with Crippen LogP contribution in [0.1, 0.15) is 49.9 Å². The van der Waals surface area contributed by atoms with Crippen molar-refractivity contribution in [3.8, 4) is 0 Å². The molecule has 0 aromatic carbocycles. The first-order chi connectivity index (χ1) is 11.2. The van der Waals surface area contributed by atoms with E-state index in [2.05, 4.69) is 29.4 Å². The number of hydrogen-bond acceptors (Lipinski definition) is 3. The normalized spacial score (nSPS) is 21.3. The minimum absolute atomic E-state index is 0.0523. The van der Waals surface area contributed by atoms with Crippen molar-refractivity contribution in [2.75, 3.05) is 6.61 Å². The monoisotopic (exact) mass is 315 g/mol. The van der Waals surface area contributed by atoms with Gasteiger partial charge in [-0.3, -0.25) is 9.79 Å². The third-order valence-electron chi connectivity index (χ3n) is 4.65. The van der Waals surface area contributed by atoms with Crippen LogP contribution in [0.5, 0.6) is 0 Å². The highest BCUT2D eigenvalue weighted by molar-refractivity contribution is 5.94. The average molecular weight is 315 g/mol. The molecule has 0 radical (unpaired) electrons. The minimum atomic E-state index is -0.218. The highest BCUT2D eigenvalue weighted by Gasteiger charge is 2.27. The van der Waals surface area contributed by atoms with Crippen LogP contribution in [0, 0.1) is 11.8 Å². The van der Waals surface area contributed by atoms with Gasteiger partial charge in [-0.1, -0.05) is 26.0 Å². The SMILES string of the molecule is CCC1C=C(C2CC2)N=c2c(C(=O)NC(CC)CO)c[nH]c2=C1. The molecule has 5 heteroatoms. The molecule has 3 rings (SSSR count). The van der Waals surface area contributed by atoms with Gasteiger partial charge in [0.05, 0.1) is 23.6 Å². The summed E-state index contributed by atoms with van der Waals surface area (Å²) in [5.74, 6) is 0.728. The quantitative estimate of drug-likeness (QED) is 0.739. The molecule has 2 aliphatic rings. The Labute approximate surface area is 136 Å². The van der Waals surface area contributed by atoms with Gasteiger partial charge in [-0.15, -0.1) is 0 Å². The first kappa shape index (κ1) is 16.0. The number of allylic oxidation sites excluding steroid dienone is 2. The summed E-state index contributed by atoms with van der Waals surface area (Å²) in [5.41, 5.74) is 1.68. The minimum Gasteiger partial charge on any atom is -0.394 e. The molecule has 5 nitrogen and oxygen atoms in total. The second kappa shape index (κ2) is 6.71. The zero-order valence-electron chi connectivity index (χ0n) is 13.8. The number of carbonyl (C=O) groups is 1. The molecule has 3 N–H and O–H groups in total. The van der Waals surface area contributed by atoms with E-state index in [1.807, 2.05) is 6.92 Å². The van der Waals surface area contributed by atoms with E-state index in [1.165, 1.54) is 12.8 Å². The van der Waals surface area contributed by atoms with Gasteiger partial charge in [-0.05, 0) is 31.6 Å². The lowest BCUT2D eigenvalue weighted by molar-refractivity contribution is 0.0914. The summed E-state index contributed by atoms with van der Waals surface area (Å²) in [6.45, 7) is 4.05. The Hall–Kier alpha value is -1.88. The van der Waals surface area contributed by atoms with Crippen LogP contribution in [0.4, 0.5) is 0 Å². The molecule has 1 aliphatic carbocycles. The van der Waals surface area contributed by atoms with E-state index in [9.17, 15) is 9.90 Å². The third-order valence-corrected chi connectivity index (χ3v) is 4.65. The fourth-order valence-corrected chi connectivity index (χ4v) is 2.88. The van der Waals surface area contributed by atoms with Gasteiger partial charge in [0.25, 0.3) is 5.91 Å². The standard InChI is InChI=1S/C18H25N3O2/c1-3-11-7-15(12-5-6-12)21-17-14(9-19-16(17)8-11)18(23)20-13(4-2)10-22/h7-9,11-13,19,22H,3-6,10H2,1-2H3,(H,20,23). The molecule has 1 aliphatic heterocycles. The van der Waals surface area contributed by atoms with Crippen LogP contribution in [-0.2, 0) is 0 Å². The Morgan fingerprint density at radius 3 is 2.83 bits per heavy atom. The molecular weight excluding hydrogens is 290 g/mol. The number of aliphatic hydroxyl groups is 1. The Balaban J connectivity index is 1.98. The van der Waals surface area contributed by atoms with Crippen molar-refractivity contribution in [1.82, 2.24) is 10.3 Å². The second-order valence-electron chi connectivity index (χ2n) is 6.44. The molecule has 0 bridgehead atoms. The number of hydrogen-bond donors (Lipinski definition) is 3. The highest BCUT2D eigenvalue weighted by Crippen LogP contribution is 2.38. The first-order valence-electron chi connectivity index (χ1n) is 8.57. The molecule has 124 valence electrons. The van der Waals surface area contributed by atoms with E-state index in [0.717, 1.165) is 22.8 Å². The zero-order valence-corrected chi connectivity index (χ0v) is 13.8. The number of H-pyrrole nitrogens is 1.